The Kier molecular flexibility index (Phi) is 4.96. The zero-order valence-electron chi connectivity index (χ0n) is 13.1. The molecule has 0 aliphatic carbocycles. The molecule has 1 aliphatic rings. The van der Waals surface area contributed by atoms with Crippen LogP contribution in [0.15, 0.2) is 47.1 Å². The Balaban J connectivity index is 1.66. The number of benzene rings is 1. The monoisotopic (exact) mass is 373 g/mol. The number of halogens is 1. The molecular weight excluding hydrogens is 354 g/mol. The molecule has 5 heteroatoms. The number of rotatable bonds is 3. The zero-order valence-corrected chi connectivity index (χ0v) is 14.7. The topological polar surface area (TPSA) is 45.2 Å². The Morgan fingerprint density at radius 3 is 2.91 bits per heavy atom. The Labute approximate surface area is 145 Å². The van der Waals surface area contributed by atoms with Crippen LogP contribution in [0.2, 0.25) is 0 Å². The number of aromatic nitrogens is 1. The molecule has 0 radical (unpaired) electrons. The first-order chi connectivity index (χ1) is 11.1. The molecule has 4 nitrogen and oxygen atoms in total. The minimum atomic E-state index is -0.132. The van der Waals surface area contributed by atoms with Crippen LogP contribution in [0.5, 0.6) is 0 Å². The molecular formula is C18H20BrN3O. The number of anilines is 2. The van der Waals surface area contributed by atoms with Crippen molar-refractivity contribution in [1.29, 1.82) is 0 Å². The summed E-state index contributed by atoms with van der Waals surface area (Å²) in [5.74, 6) is 1.56. The molecule has 2 aromatic rings. The molecule has 1 aromatic carbocycles. The highest BCUT2D eigenvalue weighted by atomic mass is 79.9. The van der Waals surface area contributed by atoms with Crippen LogP contribution in [0.4, 0.5) is 11.5 Å². The zero-order chi connectivity index (χ0) is 16.2. The van der Waals surface area contributed by atoms with Gasteiger partial charge in [0.15, 0.2) is 0 Å². The summed E-state index contributed by atoms with van der Waals surface area (Å²) in [5, 5.41) is 2.88. The number of hydrogen-bond acceptors (Lipinski definition) is 3. The first kappa shape index (κ1) is 16.0. The summed E-state index contributed by atoms with van der Waals surface area (Å²) in [7, 11) is 0. The number of carbonyl (C=O) groups is 1. The third-order valence-corrected chi connectivity index (χ3v) is 4.57. The molecule has 2 heterocycles. The molecule has 0 saturated carbocycles. The van der Waals surface area contributed by atoms with E-state index in [4.69, 9.17) is 0 Å². The highest BCUT2D eigenvalue weighted by molar-refractivity contribution is 9.10. The van der Waals surface area contributed by atoms with Gasteiger partial charge in [0.1, 0.15) is 5.82 Å². The molecule has 1 amide bonds. The summed E-state index contributed by atoms with van der Waals surface area (Å²) in [5.41, 5.74) is 1.33. The standard InChI is InChI=1S/C18H20BrN3O/c1-13-4-3-9-22(12-13)17-8-7-16(11-20-17)21-18(23)14-5-2-6-15(19)10-14/h2,5-8,10-11,13H,3-4,9,12H2,1H3,(H,21,23). The fourth-order valence-corrected chi connectivity index (χ4v) is 3.28. The van der Waals surface area contributed by atoms with Gasteiger partial charge in [-0.3, -0.25) is 4.79 Å². The minimum Gasteiger partial charge on any atom is -0.356 e. The van der Waals surface area contributed by atoms with Crippen LogP contribution in [0.25, 0.3) is 0 Å². The van der Waals surface area contributed by atoms with Crippen LogP contribution in [0.1, 0.15) is 30.1 Å². The van der Waals surface area contributed by atoms with Crippen LogP contribution < -0.4 is 10.2 Å². The van der Waals surface area contributed by atoms with Crippen LogP contribution >= 0.6 is 15.9 Å². The lowest BCUT2D eigenvalue weighted by Crippen LogP contribution is -2.34. The van der Waals surface area contributed by atoms with Crippen molar-refractivity contribution >= 4 is 33.3 Å². The number of piperidine rings is 1. The lowest BCUT2D eigenvalue weighted by atomic mass is 10.0. The third kappa shape index (κ3) is 4.10. The second-order valence-electron chi connectivity index (χ2n) is 6.06. The molecule has 1 N–H and O–H groups in total. The van der Waals surface area contributed by atoms with E-state index in [1.807, 2.05) is 24.3 Å². The first-order valence-corrected chi connectivity index (χ1v) is 8.69. The van der Waals surface area contributed by atoms with Gasteiger partial charge in [0.05, 0.1) is 11.9 Å². The van der Waals surface area contributed by atoms with E-state index in [2.05, 4.69) is 38.1 Å². The summed E-state index contributed by atoms with van der Waals surface area (Å²) >= 11 is 3.38. The van der Waals surface area contributed by atoms with E-state index < -0.39 is 0 Å². The van der Waals surface area contributed by atoms with E-state index in [0.29, 0.717) is 17.2 Å². The predicted molar refractivity (Wildman–Crippen MR) is 96.9 cm³/mol. The fourth-order valence-electron chi connectivity index (χ4n) is 2.88. The quantitative estimate of drug-likeness (QED) is 0.870. The number of nitrogens with zero attached hydrogens (tertiary/aromatic N) is 2. The summed E-state index contributed by atoms with van der Waals surface area (Å²) in [6, 6.07) is 11.2. The maximum absolute atomic E-state index is 12.2. The van der Waals surface area contributed by atoms with Gasteiger partial charge in [0.25, 0.3) is 5.91 Å². The smallest absolute Gasteiger partial charge is 0.255 e. The summed E-state index contributed by atoms with van der Waals surface area (Å²) in [6.45, 7) is 4.39. The average Bonchev–Trinajstić information content (AvgIpc) is 2.55. The molecule has 0 bridgehead atoms. The summed E-state index contributed by atoms with van der Waals surface area (Å²) < 4.78 is 0.887. The number of pyridine rings is 1. The van der Waals surface area contributed by atoms with Crippen molar-refractivity contribution in [2.24, 2.45) is 5.92 Å². The molecule has 120 valence electrons. The molecule has 1 fully saturated rings. The van der Waals surface area contributed by atoms with Crippen molar-refractivity contribution in [3.8, 4) is 0 Å². The number of carbonyl (C=O) groups excluding carboxylic acids is 1. The summed E-state index contributed by atoms with van der Waals surface area (Å²) in [6.07, 6.45) is 4.23. The average molecular weight is 374 g/mol. The Morgan fingerprint density at radius 1 is 1.35 bits per heavy atom. The van der Waals surface area contributed by atoms with Gasteiger partial charge in [0, 0.05) is 23.1 Å². The van der Waals surface area contributed by atoms with E-state index in [-0.39, 0.29) is 5.91 Å². The Bertz CT molecular complexity index is 687. The summed E-state index contributed by atoms with van der Waals surface area (Å²) in [4.78, 5) is 19.0. The van der Waals surface area contributed by atoms with Gasteiger partial charge < -0.3 is 10.2 Å². The van der Waals surface area contributed by atoms with Crippen molar-refractivity contribution < 1.29 is 4.79 Å². The van der Waals surface area contributed by atoms with Crippen LogP contribution in [-0.2, 0) is 0 Å². The molecule has 1 aliphatic heterocycles. The lowest BCUT2D eigenvalue weighted by molar-refractivity contribution is 0.102. The molecule has 1 aromatic heterocycles. The van der Waals surface area contributed by atoms with E-state index in [9.17, 15) is 4.79 Å². The van der Waals surface area contributed by atoms with Gasteiger partial charge in [-0.2, -0.15) is 0 Å². The molecule has 1 unspecified atom stereocenters. The highest BCUT2D eigenvalue weighted by Gasteiger charge is 2.17. The van der Waals surface area contributed by atoms with E-state index in [1.54, 1.807) is 18.3 Å². The van der Waals surface area contributed by atoms with Crippen molar-refractivity contribution in [2.75, 3.05) is 23.3 Å². The fraction of sp³-hybridized carbons (Fsp3) is 0.333. The van der Waals surface area contributed by atoms with Crippen molar-refractivity contribution in [3.05, 3.63) is 52.6 Å². The van der Waals surface area contributed by atoms with Crippen LogP contribution in [-0.4, -0.2) is 24.0 Å². The number of hydrogen-bond donors (Lipinski definition) is 1. The minimum absolute atomic E-state index is 0.132. The predicted octanol–water partition coefficient (Wildman–Crippen LogP) is 4.33. The maximum atomic E-state index is 12.2. The largest absolute Gasteiger partial charge is 0.356 e. The van der Waals surface area contributed by atoms with Crippen LogP contribution in [0.3, 0.4) is 0 Å². The van der Waals surface area contributed by atoms with Gasteiger partial charge in [-0.15, -0.1) is 0 Å². The second kappa shape index (κ2) is 7.13. The van der Waals surface area contributed by atoms with Gasteiger partial charge in [-0.25, -0.2) is 4.98 Å². The van der Waals surface area contributed by atoms with Gasteiger partial charge in [-0.05, 0) is 49.1 Å². The lowest BCUT2D eigenvalue weighted by Gasteiger charge is -2.31. The molecule has 1 atom stereocenters. The maximum Gasteiger partial charge on any atom is 0.255 e. The number of amides is 1. The molecule has 3 rings (SSSR count). The van der Waals surface area contributed by atoms with E-state index >= 15 is 0 Å². The number of nitrogens with one attached hydrogen (secondary N) is 1. The van der Waals surface area contributed by atoms with Crippen molar-refractivity contribution in [3.63, 3.8) is 0 Å². The Morgan fingerprint density at radius 2 is 2.22 bits per heavy atom. The van der Waals surface area contributed by atoms with E-state index in [1.165, 1.54) is 12.8 Å². The van der Waals surface area contributed by atoms with E-state index in [0.717, 1.165) is 23.4 Å². The van der Waals surface area contributed by atoms with Crippen molar-refractivity contribution in [2.45, 2.75) is 19.8 Å². The highest BCUT2D eigenvalue weighted by Crippen LogP contribution is 2.22. The molecule has 1 saturated heterocycles. The third-order valence-electron chi connectivity index (χ3n) is 4.07. The molecule has 0 spiro atoms. The molecule has 23 heavy (non-hydrogen) atoms. The van der Waals surface area contributed by atoms with Crippen molar-refractivity contribution in [1.82, 2.24) is 4.98 Å². The SMILES string of the molecule is CC1CCCN(c2ccc(NC(=O)c3cccc(Br)c3)cn2)C1. The Hall–Kier alpha value is -1.88. The first-order valence-electron chi connectivity index (χ1n) is 7.90. The van der Waals surface area contributed by atoms with Gasteiger partial charge >= 0.3 is 0 Å². The second-order valence-corrected chi connectivity index (χ2v) is 6.98. The van der Waals surface area contributed by atoms with Gasteiger partial charge in [0.2, 0.25) is 0 Å². The van der Waals surface area contributed by atoms with Crippen LogP contribution in [0, 0.1) is 5.92 Å². The van der Waals surface area contributed by atoms with Gasteiger partial charge in [-0.1, -0.05) is 28.9 Å². The normalized spacial score (nSPS) is 17.8.